The molecule has 6 heteroatoms. The minimum absolute atomic E-state index is 0.0777. The van der Waals surface area contributed by atoms with Gasteiger partial charge in [-0.15, -0.1) is 0 Å². The number of carbonyl (C=O) groups is 1. The number of hydrogen-bond donors (Lipinski definition) is 1. The van der Waals surface area contributed by atoms with Crippen molar-refractivity contribution in [2.75, 3.05) is 7.11 Å². The molecule has 2 aromatic heterocycles. The zero-order chi connectivity index (χ0) is 18.0. The van der Waals surface area contributed by atoms with Crippen LogP contribution in [-0.4, -0.2) is 27.8 Å². The number of nitrogens with zero attached hydrogens (tertiary/aromatic N) is 3. The third-order valence-corrected chi connectivity index (χ3v) is 4.23. The van der Waals surface area contributed by atoms with Gasteiger partial charge in [-0.1, -0.05) is 18.2 Å². The van der Waals surface area contributed by atoms with Gasteiger partial charge in [0.05, 0.1) is 18.3 Å². The van der Waals surface area contributed by atoms with Crippen molar-refractivity contribution in [2.24, 2.45) is 0 Å². The van der Waals surface area contributed by atoms with Gasteiger partial charge in [0.25, 0.3) is 0 Å². The molecular weight excluding hydrogens is 316 g/mol. The highest BCUT2D eigenvalue weighted by Crippen LogP contribution is 2.22. The quantitative estimate of drug-likeness (QED) is 0.776. The molecule has 0 saturated carbocycles. The molecule has 0 unspecified atom stereocenters. The molecule has 2 heterocycles. The van der Waals surface area contributed by atoms with Crippen LogP contribution < -0.4 is 10.1 Å². The Balaban J connectivity index is 1.80. The average Bonchev–Trinajstić information content (AvgIpc) is 2.96. The molecule has 0 aliphatic rings. The Hall–Kier alpha value is -2.89. The molecule has 6 nitrogen and oxygen atoms in total. The highest BCUT2D eigenvalue weighted by molar-refractivity contribution is 5.84. The van der Waals surface area contributed by atoms with Gasteiger partial charge in [0, 0.05) is 23.7 Å². The van der Waals surface area contributed by atoms with Crippen molar-refractivity contribution in [3.8, 4) is 5.88 Å². The molecule has 3 rings (SSSR count). The zero-order valence-electron chi connectivity index (χ0n) is 14.9. The Morgan fingerprint density at radius 2 is 2.04 bits per heavy atom. The van der Waals surface area contributed by atoms with Crippen LogP contribution in [0.3, 0.4) is 0 Å². The van der Waals surface area contributed by atoms with Crippen LogP contribution >= 0.6 is 0 Å². The van der Waals surface area contributed by atoms with Gasteiger partial charge in [-0.3, -0.25) is 9.48 Å². The van der Waals surface area contributed by atoms with Crippen LogP contribution in [-0.2, 0) is 11.3 Å². The topological polar surface area (TPSA) is 69.0 Å². The van der Waals surface area contributed by atoms with Crippen LogP contribution in [0.1, 0.15) is 29.9 Å². The molecule has 0 spiro atoms. The first-order valence-corrected chi connectivity index (χ1v) is 8.22. The minimum Gasteiger partial charge on any atom is -0.481 e. The summed E-state index contributed by atoms with van der Waals surface area (Å²) in [6, 6.07) is 11.3. The number of benzene rings is 1. The lowest BCUT2D eigenvalue weighted by Crippen LogP contribution is -2.31. The van der Waals surface area contributed by atoms with E-state index in [1.54, 1.807) is 11.8 Å². The summed E-state index contributed by atoms with van der Waals surface area (Å²) in [5.41, 5.74) is 3.69. The first kappa shape index (κ1) is 17.0. The lowest BCUT2D eigenvalue weighted by molar-refractivity contribution is -0.124. The van der Waals surface area contributed by atoms with E-state index in [0.717, 1.165) is 27.9 Å². The molecule has 3 aromatic rings. The SMILES string of the molecule is COc1cc(CNC(=O)[C@H](C)n2nc(C)cc2C)c2ccccc2n1. The van der Waals surface area contributed by atoms with Crippen LogP contribution in [0.2, 0.25) is 0 Å². The van der Waals surface area contributed by atoms with Gasteiger partial charge in [-0.25, -0.2) is 4.98 Å². The molecule has 0 aliphatic heterocycles. The van der Waals surface area contributed by atoms with E-state index in [1.807, 2.05) is 57.2 Å². The maximum atomic E-state index is 12.6. The molecule has 0 fully saturated rings. The fourth-order valence-electron chi connectivity index (χ4n) is 2.95. The summed E-state index contributed by atoms with van der Waals surface area (Å²) < 4.78 is 7.01. The normalized spacial score (nSPS) is 12.2. The third kappa shape index (κ3) is 3.47. The monoisotopic (exact) mass is 338 g/mol. The van der Waals surface area contributed by atoms with Crippen molar-refractivity contribution in [1.29, 1.82) is 0 Å². The van der Waals surface area contributed by atoms with Crippen molar-refractivity contribution in [2.45, 2.75) is 33.4 Å². The van der Waals surface area contributed by atoms with Gasteiger partial charge in [0.1, 0.15) is 6.04 Å². The second-order valence-electron chi connectivity index (χ2n) is 6.11. The minimum atomic E-state index is -0.372. The number of aromatic nitrogens is 3. The van der Waals surface area contributed by atoms with Crippen molar-refractivity contribution in [1.82, 2.24) is 20.1 Å². The lowest BCUT2D eigenvalue weighted by Gasteiger charge is -2.15. The molecule has 0 aliphatic carbocycles. The fourth-order valence-corrected chi connectivity index (χ4v) is 2.95. The van der Waals surface area contributed by atoms with Crippen molar-refractivity contribution in [3.63, 3.8) is 0 Å². The largest absolute Gasteiger partial charge is 0.481 e. The molecular formula is C19H22N4O2. The van der Waals surface area contributed by atoms with Crippen molar-refractivity contribution >= 4 is 16.8 Å². The number of methoxy groups -OCH3 is 1. The van der Waals surface area contributed by atoms with E-state index < -0.39 is 0 Å². The van der Waals surface area contributed by atoms with Crippen molar-refractivity contribution < 1.29 is 9.53 Å². The second kappa shape index (κ2) is 6.93. The van der Waals surface area contributed by atoms with E-state index >= 15 is 0 Å². The summed E-state index contributed by atoms with van der Waals surface area (Å²) in [6.45, 7) is 6.12. The number of nitrogens with one attached hydrogen (secondary N) is 1. The summed E-state index contributed by atoms with van der Waals surface area (Å²) >= 11 is 0. The Kier molecular flexibility index (Phi) is 4.70. The van der Waals surface area contributed by atoms with E-state index in [2.05, 4.69) is 15.4 Å². The fraction of sp³-hybridized carbons (Fsp3) is 0.316. The summed E-state index contributed by atoms with van der Waals surface area (Å²) in [7, 11) is 1.59. The summed E-state index contributed by atoms with van der Waals surface area (Å²) in [4.78, 5) is 17.0. The van der Waals surface area contributed by atoms with Gasteiger partial charge in [-0.2, -0.15) is 5.10 Å². The molecule has 0 radical (unpaired) electrons. The predicted octanol–water partition coefficient (Wildman–Crippen LogP) is 2.93. The van der Waals surface area contributed by atoms with Crippen LogP contribution in [0.15, 0.2) is 36.4 Å². The predicted molar refractivity (Wildman–Crippen MR) is 96.6 cm³/mol. The Morgan fingerprint density at radius 1 is 1.28 bits per heavy atom. The molecule has 25 heavy (non-hydrogen) atoms. The number of carbonyl (C=O) groups excluding carboxylic acids is 1. The number of amides is 1. The smallest absolute Gasteiger partial charge is 0.244 e. The second-order valence-corrected chi connectivity index (χ2v) is 6.11. The number of ether oxygens (including phenoxy) is 1. The van der Waals surface area contributed by atoms with Gasteiger partial charge in [0.2, 0.25) is 11.8 Å². The van der Waals surface area contributed by atoms with Crippen LogP contribution in [0.4, 0.5) is 0 Å². The molecule has 130 valence electrons. The number of rotatable bonds is 5. The number of fused-ring (bicyclic) bond motifs is 1. The number of pyridine rings is 1. The first-order chi connectivity index (χ1) is 12.0. The first-order valence-electron chi connectivity index (χ1n) is 8.22. The van der Waals surface area contributed by atoms with E-state index in [0.29, 0.717) is 12.4 Å². The summed E-state index contributed by atoms with van der Waals surface area (Å²) in [5, 5.41) is 8.39. The maximum Gasteiger partial charge on any atom is 0.244 e. The van der Waals surface area contributed by atoms with Crippen LogP contribution in [0.25, 0.3) is 10.9 Å². The molecule has 0 bridgehead atoms. The Labute approximate surface area is 146 Å². The zero-order valence-corrected chi connectivity index (χ0v) is 14.9. The molecule has 1 atom stereocenters. The number of hydrogen-bond acceptors (Lipinski definition) is 4. The highest BCUT2D eigenvalue weighted by Gasteiger charge is 2.18. The van der Waals surface area contributed by atoms with Gasteiger partial charge >= 0.3 is 0 Å². The highest BCUT2D eigenvalue weighted by atomic mass is 16.5. The number of aryl methyl sites for hydroxylation is 2. The standard InChI is InChI=1S/C19H22N4O2/c1-12-9-13(2)23(22-12)14(3)19(24)20-11-15-10-18(25-4)21-17-8-6-5-7-16(15)17/h5-10,14H,11H2,1-4H3,(H,20,24)/t14-/m0/s1. The summed E-state index contributed by atoms with van der Waals surface area (Å²) in [5.74, 6) is 0.459. The molecule has 1 aromatic carbocycles. The van der Waals surface area contributed by atoms with E-state index in [9.17, 15) is 4.79 Å². The number of para-hydroxylation sites is 1. The molecule has 1 amide bonds. The third-order valence-electron chi connectivity index (χ3n) is 4.23. The van der Waals surface area contributed by atoms with Gasteiger partial charge in [-0.05, 0) is 38.5 Å². The summed E-state index contributed by atoms with van der Waals surface area (Å²) in [6.07, 6.45) is 0. The maximum absolute atomic E-state index is 12.6. The Bertz CT molecular complexity index is 917. The average molecular weight is 338 g/mol. The molecule has 0 saturated heterocycles. The van der Waals surface area contributed by atoms with Gasteiger partial charge < -0.3 is 10.1 Å². The molecule has 1 N–H and O–H groups in total. The van der Waals surface area contributed by atoms with Crippen LogP contribution in [0.5, 0.6) is 5.88 Å². The van der Waals surface area contributed by atoms with Crippen molar-refractivity contribution in [3.05, 3.63) is 53.3 Å². The van der Waals surface area contributed by atoms with Crippen LogP contribution in [0, 0.1) is 13.8 Å². The lowest BCUT2D eigenvalue weighted by atomic mass is 10.1. The van der Waals surface area contributed by atoms with E-state index in [4.69, 9.17) is 4.74 Å². The van der Waals surface area contributed by atoms with Gasteiger partial charge in [0.15, 0.2) is 0 Å². The van der Waals surface area contributed by atoms with E-state index in [-0.39, 0.29) is 11.9 Å². The Morgan fingerprint density at radius 3 is 2.72 bits per heavy atom. The van der Waals surface area contributed by atoms with E-state index in [1.165, 1.54) is 0 Å².